The Balaban J connectivity index is 1.53. The lowest BCUT2D eigenvalue weighted by Crippen LogP contribution is -2.11. The summed E-state index contributed by atoms with van der Waals surface area (Å²) < 4.78 is 32.7. The molecule has 4 N–H and O–H groups in total. The highest BCUT2D eigenvalue weighted by molar-refractivity contribution is 5.85. The number of aromatic nitrogens is 5. The molecule has 0 aliphatic carbocycles. The van der Waals surface area contributed by atoms with E-state index in [4.69, 9.17) is 15.5 Å². The molecule has 0 amide bonds. The molecule has 36 heavy (non-hydrogen) atoms. The fourth-order valence-electron chi connectivity index (χ4n) is 3.80. The maximum atomic E-state index is 13.6. The molecule has 3 aromatic heterocycles. The van der Waals surface area contributed by atoms with Gasteiger partial charge in [-0.25, -0.2) is 23.7 Å². The van der Waals surface area contributed by atoms with E-state index in [1.54, 1.807) is 6.20 Å². The van der Waals surface area contributed by atoms with Gasteiger partial charge in [0.2, 0.25) is 5.88 Å². The molecule has 10 heteroatoms. The van der Waals surface area contributed by atoms with Crippen LogP contribution >= 0.6 is 0 Å². The molecule has 3 heterocycles. The molecule has 0 unspecified atom stereocenters. The highest BCUT2D eigenvalue weighted by Gasteiger charge is 2.17. The maximum Gasteiger partial charge on any atom is 0.232 e. The van der Waals surface area contributed by atoms with Gasteiger partial charge in [-0.15, -0.1) is 0 Å². The number of pyridine rings is 1. The number of anilines is 1. The van der Waals surface area contributed by atoms with Gasteiger partial charge in [-0.05, 0) is 43.3 Å². The summed E-state index contributed by atoms with van der Waals surface area (Å²) in [7, 11) is 0. The quantitative estimate of drug-likeness (QED) is 0.293. The average molecular weight is 488 g/mol. The van der Waals surface area contributed by atoms with E-state index in [1.807, 2.05) is 43.3 Å². The van der Waals surface area contributed by atoms with Crippen LogP contribution in [0.25, 0.3) is 33.7 Å². The average Bonchev–Trinajstić information content (AvgIpc) is 3.30. The molecule has 0 fully saturated rings. The van der Waals surface area contributed by atoms with E-state index in [2.05, 4.69) is 25.3 Å². The number of H-pyrrole nitrogens is 1. The van der Waals surface area contributed by atoms with Crippen LogP contribution in [0.3, 0.4) is 0 Å². The van der Waals surface area contributed by atoms with Crippen molar-refractivity contribution in [3.63, 3.8) is 0 Å². The Labute approximate surface area is 205 Å². The van der Waals surface area contributed by atoms with Crippen molar-refractivity contribution < 1.29 is 13.5 Å². The first-order valence-corrected chi connectivity index (χ1v) is 11.3. The summed E-state index contributed by atoms with van der Waals surface area (Å²) >= 11 is 0. The zero-order chi connectivity index (χ0) is 25.1. The van der Waals surface area contributed by atoms with Crippen LogP contribution in [0, 0.1) is 18.6 Å². The standard InChI is InChI=1S/C26H23F2N7O/c1-15-3-2-4-21(32-15)26-25(34-23(35-26)13-30-19-11-17(27)10-18(28)12-19)16-5-6-20-22(9-16)33-24(14-31-20)36-8-7-29/h2-6,9-12,14,30H,7-8,13,29H2,1H3,(H,34,35). The number of aromatic amines is 1. The lowest BCUT2D eigenvalue weighted by Gasteiger charge is -2.07. The minimum Gasteiger partial charge on any atom is -0.475 e. The second-order valence-corrected chi connectivity index (χ2v) is 8.13. The Hall–Kier alpha value is -4.44. The molecule has 8 nitrogen and oxygen atoms in total. The fourth-order valence-corrected chi connectivity index (χ4v) is 3.80. The predicted molar refractivity (Wildman–Crippen MR) is 133 cm³/mol. The summed E-state index contributed by atoms with van der Waals surface area (Å²) in [4.78, 5) is 21.7. The monoisotopic (exact) mass is 487 g/mol. The van der Waals surface area contributed by atoms with Gasteiger partial charge in [-0.2, -0.15) is 0 Å². The highest BCUT2D eigenvalue weighted by Crippen LogP contribution is 2.31. The molecular weight excluding hydrogens is 464 g/mol. The SMILES string of the molecule is Cc1cccc(-c2[nH]c(CNc3cc(F)cc(F)c3)nc2-c2ccc3ncc(OCCN)nc3c2)n1. The Morgan fingerprint density at radius 2 is 1.81 bits per heavy atom. The number of fused-ring (bicyclic) bond motifs is 1. The van der Waals surface area contributed by atoms with Crippen LogP contribution in [0.15, 0.2) is 60.8 Å². The van der Waals surface area contributed by atoms with E-state index in [-0.39, 0.29) is 6.54 Å². The third kappa shape index (κ3) is 5.13. The molecule has 0 saturated carbocycles. The molecule has 5 aromatic rings. The van der Waals surface area contributed by atoms with Crippen molar-refractivity contribution in [2.75, 3.05) is 18.5 Å². The number of hydrogen-bond acceptors (Lipinski definition) is 7. The van der Waals surface area contributed by atoms with Gasteiger partial charge >= 0.3 is 0 Å². The van der Waals surface area contributed by atoms with Crippen LogP contribution in [-0.2, 0) is 6.54 Å². The Bertz CT molecular complexity index is 1520. The molecule has 0 bridgehead atoms. The first-order valence-electron chi connectivity index (χ1n) is 11.3. The second-order valence-electron chi connectivity index (χ2n) is 8.13. The van der Waals surface area contributed by atoms with Gasteiger partial charge in [0.1, 0.15) is 24.1 Å². The molecule has 5 rings (SSSR count). The molecular formula is C26H23F2N7O. The van der Waals surface area contributed by atoms with Crippen LogP contribution < -0.4 is 15.8 Å². The first-order chi connectivity index (χ1) is 17.5. The minimum absolute atomic E-state index is 0.214. The van der Waals surface area contributed by atoms with Gasteiger partial charge < -0.3 is 20.8 Å². The number of benzene rings is 2. The number of hydrogen-bond donors (Lipinski definition) is 3. The van der Waals surface area contributed by atoms with Crippen LogP contribution in [-0.4, -0.2) is 38.1 Å². The first kappa shape index (κ1) is 23.3. The smallest absolute Gasteiger partial charge is 0.232 e. The van der Waals surface area contributed by atoms with E-state index in [0.717, 1.165) is 17.3 Å². The summed E-state index contributed by atoms with van der Waals surface area (Å²) in [5.74, 6) is -0.358. The molecule has 0 spiro atoms. The lowest BCUT2D eigenvalue weighted by atomic mass is 10.1. The van der Waals surface area contributed by atoms with Gasteiger partial charge in [0.25, 0.3) is 0 Å². The van der Waals surface area contributed by atoms with Crippen molar-refractivity contribution in [1.29, 1.82) is 0 Å². The van der Waals surface area contributed by atoms with E-state index in [0.29, 0.717) is 58.7 Å². The number of halogens is 2. The number of imidazole rings is 1. The third-order valence-electron chi connectivity index (χ3n) is 5.38. The van der Waals surface area contributed by atoms with Crippen molar-refractivity contribution in [3.05, 3.63) is 83.9 Å². The van der Waals surface area contributed by atoms with Gasteiger partial charge in [0.15, 0.2) is 0 Å². The second kappa shape index (κ2) is 10.0. The number of nitrogens with zero attached hydrogens (tertiary/aromatic N) is 4. The fraction of sp³-hybridized carbons (Fsp3) is 0.154. The topological polar surface area (TPSA) is 115 Å². The zero-order valence-electron chi connectivity index (χ0n) is 19.4. The summed E-state index contributed by atoms with van der Waals surface area (Å²) in [6.07, 6.45) is 1.56. The summed E-state index contributed by atoms with van der Waals surface area (Å²) in [5.41, 5.74) is 10.9. The van der Waals surface area contributed by atoms with Crippen LogP contribution in [0.1, 0.15) is 11.5 Å². The number of nitrogens with two attached hydrogens (primary N) is 1. The number of aryl methyl sites for hydroxylation is 1. The summed E-state index contributed by atoms with van der Waals surface area (Å²) in [6, 6.07) is 14.6. The van der Waals surface area contributed by atoms with Crippen LogP contribution in [0.4, 0.5) is 14.5 Å². The Morgan fingerprint density at radius 1 is 0.972 bits per heavy atom. The largest absolute Gasteiger partial charge is 0.475 e. The summed E-state index contributed by atoms with van der Waals surface area (Å²) in [6.45, 7) is 2.84. The van der Waals surface area contributed by atoms with Crippen LogP contribution in [0.2, 0.25) is 0 Å². The third-order valence-corrected chi connectivity index (χ3v) is 5.38. The molecule has 2 aromatic carbocycles. The zero-order valence-corrected chi connectivity index (χ0v) is 19.4. The molecule has 0 aliphatic heterocycles. The molecule has 0 radical (unpaired) electrons. The van der Waals surface area contributed by atoms with Gasteiger partial charge in [-0.1, -0.05) is 12.1 Å². The van der Waals surface area contributed by atoms with Crippen molar-refractivity contribution in [2.45, 2.75) is 13.5 Å². The molecule has 0 saturated heterocycles. The summed E-state index contributed by atoms with van der Waals surface area (Å²) in [5, 5.41) is 3.01. The maximum absolute atomic E-state index is 13.6. The van der Waals surface area contributed by atoms with Gasteiger partial charge in [0.05, 0.1) is 40.9 Å². The molecule has 0 atom stereocenters. The van der Waals surface area contributed by atoms with Crippen molar-refractivity contribution in [1.82, 2.24) is 24.9 Å². The van der Waals surface area contributed by atoms with Gasteiger partial charge in [-0.3, -0.25) is 4.98 Å². The van der Waals surface area contributed by atoms with Gasteiger partial charge in [0, 0.05) is 29.6 Å². The Kier molecular flexibility index (Phi) is 6.50. The van der Waals surface area contributed by atoms with E-state index in [1.165, 1.54) is 12.1 Å². The van der Waals surface area contributed by atoms with Crippen molar-refractivity contribution >= 4 is 16.7 Å². The normalized spacial score (nSPS) is 11.1. The minimum atomic E-state index is -0.658. The predicted octanol–water partition coefficient (Wildman–Crippen LogP) is 4.62. The van der Waals surface area contributed by atoms with Crippen LogP contribution in [0.5, 0.6) is 5.88 Å². The lowest BCUT2D eigenvalue weighted by molar-refractivity contribution is 0.315. The van der Waals surface area contributed by atoms with E-state index < -0.39 is 11.6 Å². The number of rotatable bonds is 8. The molecule has 182 valence electrons. The molecule has 0 aliphatic rings. The highest BCUT2D eigenvalue weighted by atomic mass is 19.1. The van der Waals surface area contributed by atoms with Crippen molar-refractivity contribution in [3.8, 4) is 28.5 Å². The van der Waals surface area contributed by atoms with E-state index in [9.17, 15) is 8.78 Å². The number of ether oxygens (including phenoxy) is 1. The van der Waals surface area contributed by atoms with Crippen molar-refractivity contribution in [2.24, 2.45) is 5.73 Å². The Morgan fingerprint density at radius 3 is 2.58 bits per heavy atom. The van der Waals surface area contributed by atoms with E-state index >= 15 is 0 Å². The number of nitrogens with one attached hydrogen (secondary N) is 2.